The van der Waals surface area contributed by atoms with E-state index in [9.17, 15) is 0 Å². The Morgan fingerprint density at radius 2 is 2.33 bits per heavy atom. The number of hydrogen-bond acceptors (Lipinski definition) is 4. The highest BCUT2D eigenvalue weighted by atomic mass is 15.3. The van der Waals surface area contributed by atoms with Gasteiger partial charge in [-0.3, -0.25) is 4.68 Å². The van der Waals surface area contributed by atoms with Crippen LogP contribution in [-0.2, 0) is 20.1 Å². The van der Waals surface area contributed by atoms with Crippen LogP contribution >= 0.6 is 0 Å². The van der Waals surface area contributed by atoms with Crippen molar-refractivity contribution in [3.63, 3.8) is 0 Å². The van der Waals surface area contributed by atoms with Crippen molar-refractivity contribution in [1.29, 1.82) is 0 Å². The van der Waals surface area contributed by atoms with Crippen molar-refractivity contribution in [2.75, 3.05) is 5.32 Å². The second kappa shape index (κ2) is 4.12. The summed E-state index contributed by atoms with van der Waals surface area (Å²) in [4.78, 5) is 4.16. The second-order valence-corrected chi connectivity index (χ2v) is 3.22. The van der Waals surface area contributed by atoms with Crippen LogP contribution in [0, 0.1) is 0 Å². The number of anilines is 1. The average molecular weight is 206 g/mol. The number of rotatable bonds is 4. The highest BCUT2D eigenvalue weighted by Gasteiger charge is 2.02. The van der Waals surface area contributed by atoms with E-state index in [0.717, 1.165) is 18.2 Å². The van der Waals surface area contributed by atoms with Gasteiger partial charge in [0.2, 0.25) is 0 Å². The van der Waals surface area contributed by atoms with E-state index in [0.29, 0.717) is 6.54 Å². The molecule has 0 saturated heterocycles. The van der Waals surface area contributed by atoms with Crippen molar-refractivity contribution in [2.45, 2.75) is 20.0 Å². The Labute approximate surface area is 87.9 Å². The van der Waals surface area contributed by atoms with E-state index < -0.39 is 0 Å². The first-order valence-electron chi connectivity index (χ1n) is 4.90. The zero-order valence-electron chi connectivity index (χ0n) is 8.88. The molecule has 0 aromatic carbocycles. The van der Waals surface area contributed by atoms with Crippen LogP contribution in [0.15, 0.2) is 18.6 Å². The summed E-state index contributed by atoms with van der Waals surface area (Å²) in [5, 5.41) is 11.5. The standard InChI is InChI=1S/C9H14N6/c1-3-15-9(11-7-12-15)6-10-8-4-5-14(2)13-8/h4-5,7H,3,6H2,1-2H3,(H,10,13). The maximum Gasteiger partial charge on any atom is 0.148 e. The molecule has 80 valence electrons. The Bertz CT molecular complexity index is 429. The minimum absolute atomic E-state index is 0.644. The number of aromatic nitrogens is 5. The van der Waals surface area contributed by atoms with Crippen molar-refractivity contribution in [2.24, 2.45) is 7.05 Å². The molecule has 0 fully saturated rings. The van der Waals surface area contributed by atoms with Gasteiger partial charge in [-0.1, -0.05) is 0 Å². The van der Waals surface area contributed by atoms with Gasteiger partial charge < -0.3 is 5.32 Å². The molecule has 2 aromatic heterocycles. The van der Waals surface area contributed by atoms with Gasteiger partial charge in [-0.25, -0.2) is 9.67 Å². The van der Waals surface area contributed by atoms with Gasteiger partial charge in [-0.15, -0.1) is 0 Å². The minimum Gasteiger partial charge on any atom is -0.361 e. The highest BCUT2D eigenvalue weighted by Crippen LogP contribution is 2.03. The third kappa shape index (κ3) is 2.15. The lowest BCUT2D eigenvalue weighted by molar-refractivity contribution is 0.621. The topological polar surface area (TPSA) is 60.6 Å². The molecule has 2 aromatic rings. The maximum atomic E-state index is 4.21. The molecule has 6 heteroatoms. The molecule has 0 unspecified atom stereocenters. The van der Waals surface area contributed by atoms with E-state index >= 15 is 0 Å². The van der Waals surface area contributed by atoms with Crippen LogP contribution in [0.1, 0.15) is 12.7 Å². The molecule has 0 radical (unpaired) electrons. The Morgan fingerprint density at radius 3 is 3.00 bits per heavy atom. The predicted octanol–water partition coefficient (Wildman–Crippen LogP) is 0.644. The van der Waals surface area contributed by atoms with Crippen LogP contribution in [0.2, 0.25) is 0 Å². The Hall–Kier alpha value is -1.85. The zero-order chi connectivity index (χ0) is 10.7. The summed E-state index contributed by atoms with van der Waals surface area (Å²) >= 11 is 0. The normalized spacial score (nSPS) is 10.5. The molecule has 6 nitrogen and oxygen atoms in total. The van der Waals surface area contributed by atoms with Crippen LogP contribution in [0.25, 0.3) is 0 Å². The van der Waals surface area contributed by atoms with E-state index in [1.807, 2.05) is 30.9 Å². The van der Waals surface area contributed by atoms with E-state index in [1.165, 1.54) is 0 Å². The summed E-state index contributed by atoms with van der Waals surface area (Å²) in [5.74, 6) is 1.77. The van der Waals surface area contributed by atoms with Gasteiger partial charge >= 0.3 is 0 Å². The predicted molar refractivity (Wildman–Crippen MR) is 56.2 cm³/mol. The Kier molecular flexibility index (Phi) is 2.66. The number of hydrogen-bond donors (Lipinski definition) is 1. The highest BCUT2D eigenvalue weighted by molar-refractivity contribution is 5.32. The lowest BCUT2D eigenvalue weighted by Gasteiger charge is -2.03. The van der Waals surface area contributed by atoms with Gasteiger partial charge in [-0.2, -0.15) is 10.2 Å². The van der Waals surface area contributed by atoms with Crippen molar-refractivity contribution in [3.05, 3.63) is 24.4 Å². The first kappa shape index (κ1) is 9.70. The molecule has 0 amide bonds. The van der Waals surface area contributed by atoms with Crippen molar-refractivity contribution >= 4 is 5.82 Å². The minimum atomic E-state index is 0.644. The molecular weight excluding hydrogens is 192 g/mol. The van der Waals surface area contributed by atoms with E-state index in [2.05, 4.69) is 20.5 Å². The Balaban J connectivity index is 1.98. The summed E-state index contributed by atoms with van der Waals surface area (Å²) in [6, 6.07) is 1.92. The molecule has 0 saturated carbocycles. The molecule has 0 bridgehead atoms. The number of nitrogens with one attached hydrogen (secondary N) is 1. The van der Waals surface area contributed by atoms with Gasteiger partial charge in [-0.05, 0) is 6.92 Å². The van der Waals surface area contributed by atoms with Crippen LogP contribution in [0.3, 0.4) is 0 Å². The maximum absolute atomic E-state index is 4.21. The van der Waals surface area contributed by atoms with E-state index in [1.54, 1.807) is 11.0 Å². The quantitative estimate of drug-likeness (QED) is 0.797. The van der Waals surface area contributed by atoms with Gasteiger partial charge in [0, 0.05) is 25.9 Å². The van der Waals surface area contributed by atoms with Gasteiger partial charge in [0.1, 0.15) is 18.0 Å². The van der Waals surface area contributed by atoms with Crippen LogP contribution in [-0.4, -0.2) is 24.5 Å². The second-order valence-electron chi connectivity index (χ2n) is 3.22. The number of nitrogens with zero attached hydrogens (tertiary/aromatic N) is 5. The summed E-state index contributed by atoms with van der Waals surface area (Å²) in [6.45, 7) is 3.52. The smallest absolute Gasteiger partial charge is 0.148 e. The third-order valence-electron chi connectivity index (χ3n) is 2.14. The van der Waals surface area contributed by atoms with Crippen LogP contribution < -0.4 is 5.32 Å². The fourth-order valence-corrected chi connectivity index (χ4v) is 1.37. The van der Waals surface area contributed by atoms with E-state index in [-0.39, 0.29) is 0 Å². The van der Waals surface area contributed by atoms with Crippen molar-refractivity contribution in [1.82, 2.24) is 24.5 Å². The lowest BCUT2D eigenvalue weighted by atomic mass is 10.5. The molecule has 1 N–H and O–H groups in total. The molecule has 2 rings (SSSR count). The summed E-state index contributed by atoms with van der Waals surface area (Å²) in [6.07, 6.45) is 3.46. The summed E-state index contributed by atoms with van der Waals surface area (Å²) in [5.41, 5.74) is 0. The summed E-state index contributed by atoms with van der Waals surface area (Å²) in [7, 11) is 1.89. The molecule has 0 spiro atoms. The molecule has 0 aliphatic rings. The zero-order valence-corrected chi connectivity index (χ0v) is 8.88. The van der Waals surface area contributed by atoms with E-state index in [4.69, 9.17) is 0 Å². The van der Waals surface area contributed by atoms with Crippen molar-refractivity contribution in [3.8, 4) is 0 Å². The molecule has 0 aliphatic heterocycles. The van der Waals surface area contributed by atoms with Gasteiger partial charge in [0.05, 0.1) is 6.54 Å². The van der Waals surface area contributed by atoms with Gasteiger partial charge in [0.15, 0.2) is 0 Å². The van der Waals surface area contributed by atoms with Gasteiger partial charge in [0.25, 0.3) is 0 Å². The molecule has 0 atom stereocenters. The molecule has 2 heterocycles. The first-order chi connectivity index (χ1) is 7.29. The lowest BCUT2D eigenvalue weighted by Crippen LogP contribution is -2.09. The average Bonchev–Trinajstić information content (AvgIpc) is 2.83. The molecule has 15 heavy (non-hydrogen) atoms. The van der Waals surface area contributed by atoms with Crippen molar-refractivity contribution < 1.29 is 0 Å². The SMILES string of the molecule is CCn1ncnc1CNc1ccn(C)n1. The fourth-order valence-electron chi connectivity index (χ4n) is 1.37. The first-order valence-corrected chi connectivity index (χ1v) is 4.90. The third-order valence-corrected chi connectivity index (χ3v) is 2.14. The molecule has 0 aliphatic carbocycles. The monoisotopic (exact) mass is 206 g/mol. The van der Waals surface area contributed by atoms with Crippen LogP contribution in [0.5, 0.6) is 0 Å². The summed E-state index contributed by atoms with van der Waals surface area (Å²) < 4.78 is 3.61. The van der Waals surface area contributed by atoms with Crippen LogP contribution in [0.4, 0.5) is 5.82 Å². The molecular formula is C9H14N6. The Morgan fingerprint density at radius 1 is 1.47 bits per heavy atom. The number of aryl methyl sites for hydroxylation is 2. The fraction of sp³-hybridized carbons (Fsp3) is 0.444. The largest absolute Gasteiger partial charge is 0.361 e.